The molecule has 2 N–H and O–H groups in total. The van der Waals surface area contributed by atoms with Gasteiger partial charge in [0.15, 0.2) is 0 Å². The third kappa shape index (κ3) is 4.80. The van der Waals surface area contributed by atoms with Crippen molar-refractivity contribution in [2.45, 2.75) is 65.8 Å². The largest absolute Gasteiger partial charge is 0.491 e. The molecule has 3 aromatic rings. The molecule has 10 nitrogen and oxygen atoms in total. The van der Waals surface area contributed by atoms with Crippen molar-refractivity contribution in [3.8, 4) is 5.75 Å². The smallest absolute Gasteiger partial charge is 0.348 e. The van der Waals surface area contributed by atoms with Crippen molar-refractivity contribution >= 4 is 33.5 Å². The zero-order chi connectivity index (χ0) is 26.9. The van der Waals surface area contributed by atoms with Gasteiger partial charge >= 0.3 is 17.6 Å². The second-order valence-electron chi connectivity index (χ2n) is 9.07. The molecule has 0 amide bonds. The number of para-hydroxylation sites is 1. The second-order valence-corrected chi connectivity index (χ2v) is 10.1. The molecule has 1 atom stereocenters. The highest BCUT2D eigenvalue weighted by atomic mass is 32.1. The summed E-state index contributed by atoms with van der Waals surface area (Å²) in [7, 11) is 0. The van der Waals surface area contributed by atoms with E-state index in [0.717, 1.165) is 15.9 Å². The maximum Gasteiger partial charge on any atom is 0.348 e. The van der Waals surface area contributed by atoms with Gasteiger partial charge in [0.2, 0.25) is 0 Å². The molecule has 2 heterocycles. The Kier molecular flexibility index (Phi) is 7.75. The third-order valence-electron chi connectivity index (χ3n) is 5.75. The molecular weight excluding hydrogens is 488 g/mol. The van der Waals surface area contributed by atoms with Gasteiger partial charge in [0, 0.05) is 5.56 Å². The zero-order valence-electron chi connectivity index (χ0n) is 21.0. The van der Waals surface area contributed by atoms with Crippen molar-refractivity contribution in [1.82, 2.24) is 9.13 Å². The average molecular weight is 519 g/mol. The molecule has 11 heteroatoms. The number of thiophene rings is 1. The van der Waals surface area contributed by atoms with Crippen molar-refractivity contribution in [2.24, 2.45) is 0 Å². The molecule has 1 aromatic carbocycles. The normalized spacial score (nSPS) is 12.7. The molecule has 0 radical (unpaired) electrons. The first-order valence-corrected chi connectivity index (χ1v) is 12.3. The van der Waals surface area contributed by atoms with E-state index in [0.29, 0.717) is 15.9 Å². The molecule has 0 bridgehead atoms. The number of carboxylic acids is 1. The number of carboxylic acid groups (broad SMARTS) is 1. The number of benzene rings is 1. The number of hydrogen-bond acceptors (Lipinski definition) is 8. The fraction of sp³-hybridized carbons (Fsp3) is 0.440. The van der Waals surface area contributed by atoms with Crippen LogP contribution in [0.2, 0.25) is 0 Å². The maximum atomic E-state index is 13.6. The number of aliphatic carboxylic acids is 1. The highest BCUT2D eigenvalue weighted by Crippen LogP contribution is 2.32. The van der Waals surface area contributed by atoms with Crippen LogP contribution in [0.1, 0.15) is 61.5 Å². The molecule has 0 unspecified atom stereocenters. The number of hydrogen-bond donors (Lipinski definition) is 2. The van der Waals surface area contributed by atoms with Gasteiger partial charge in [0.05, 0.1) is 24.6 Å². The Bertz CT molecular complexity index is 1430. The summed E-state index contributed by atoms with van der Waals surface area (Å²) in [6.07, 6.45) is -1.41. The zero-order valence-corrected chi connectivity index (χ0v) is 21.8. The van der Waals surface area contributed by atoms with Crippen molar-refractivity contribution in [2.75, 3.05) is 6.61 Å². The summed E-state index contributed by atoms with van der Waals surface area (Å²) in [5, 5.41) is 21.0. The van der Waals surface area contributed by atoms with Gasteiger partial charge < -0.3 is 19.7 Å². The van der Waals surface area contributed by atoms with Gasteiger partial charge in [-0.2, -0.15) is 0 Å². The lowest BCUT2D eigenvalue weighted by Crippen LogP contribution is -2.52. The molecule has 0 aliphatic rings. The number of esters is 1. The Balaban J connectivity index is 2.32. The van der Waals surface area contributed by atoms with Gasteiger partial charge in [-0.15, -0.1) is 11.3 Å². The first-order valence-electron chi connectivity index (χ1n) is 11.5. The number of aliphatic hydroxyl groups is 1. The summed E-state index contributed by atoms with van der Waals surface area (Å²) in [6.45, 7) is 9.15. The predicted octanol–water partition coefficient (Wildman–Crippen LogP) is 3.05. The van der Waals surface area contributed by atoms with Crippen LogP contribution in [0.5, 0.6) is 5.75 Å². The van der Waals surface area contributed by atoms with Crippen LogP contribution in [0.25, 0.3) is 10.2 Å². The maximum absolute atomic E-state index is 13.6. The number of carbonyl (C=O) groups excluding carboxylic acids is 1. The van der Waals surface area contributed by atoms with E-state index in [4.69, 9.17) is 9.47 Å². The van der Waals surface area contributed by atoms with Crippen LogP contribution >= 0.6 is 11.3 Å². The van der Waals surface area contributed by atoms with E-state index in [2.05, 4.69) is 0 Å². The molecule has 0 saturated heterocycles. The quantitative estimate of drug-likeness (QED) is 0.413. The topological polar surface area (TPSA) is 137 Å². The summed E-state index contributed by atoms with van der Waals surface area (Å²) < 4.78 is 12.7. The van der Waals surface area contributed by atoms with E-state index in [1.165, 1.54) is 13.8 Å². The van der Waals surface area contributed by atoms with Gasteiger partial charge in [-0.1, -0.05) is 18.2 Å². The van der Waals surface area contributed by atoms with Gasteiger partial charge in [-0.3, -0.25) is 9.36 Å². The minimum Gasteiger partial charge on any atom is -0.491 e. The molecule has 0 saturated carbocycles. The van der Waals surface area contributed by atoms with Gasteiger partial charge in [0.1, 0.15) is 27.1 Å². The molecule has 2 aromatic heterocycles. The Labute approximate surface area is 211 Å². The van der Waals surface area contributed by atoms with E-state index in [1.54, 1.807) is 38.1 Å². The van der Waals surface area contributed by atoms with Crippen LogP contribution in [0.15, 0.2) is 33.9 Å². The molecule has 194 valence electrons. The number of fused-ring (bicyclic) bond motifs is 1. The predicted molar refractivity (Wildman–Crippen MR) is 135 cm³/mol. The molecule has 0 spiro atoms. The number of ether oxygens (including phenoxy) is 2. The molecule has 0 aliphatic carbocycles. The SMILES string of the molecule is CCOC(=O)c1sc2c(c1C)c(=O)n(C(C)(C)C(=O)O)c(=O)n2C[C@H](O)c1ccccc1OC(C)C. The van der Waals surface area contributed by atoms with E-state index in [1.807, 2.05) is 13.8 Å². The minimum atomic E-state index is -1.90. The van der Waals surface area contributed by atoms with E-state index < -0.39 is 34.8 Å². The molecule has 3 rings (SSSR count). The Morgan fingerprint density at radius 1 is 1.17 bits per heavy atom. The molecule has 0 fully saturated rings. The first kappa shape index (κ1) is 27.2. The standard InChI is InChI=1S/C25H30N2O8S/c1-7-34-22(30)19-14(4)18-20(29)27(25(5,6)23(31)32)24(33)26(21(18)36-19)12-16(28)15-10-8-9-11-17(15)35-13(2)3/h8-11,13,16,28H,7,12H2,1-6H3,(H,31,32)/t16-/m0/s1. The molecular formula is C25H30N2O8S. The summed E-state index contributed by atoms with van der Waals surface area (Å²) in [5.74, 6) is -1.62. The first-order chi connectivity index (χ1) is 16.8. The van der Waals surface area contributed by atoms with Crippen LogP contribution in [0.3, 0.4) is 0 Å². The molecule has 36 heavy (non-hydrogen) atoms. The van der Waals surface area contributed by atoms with Crippen molar-refractivity contribution in [3.05, 3.63) is 61.1 Å². The summed E-state index contributed by atoms with van der Waals surface area (Å²) in [5.41, 5.74) is -2.95. The average Bonchev–Trinajstić information content (AvgIpc) is 3.14. The van der Waals surface area contributed by atoms with Crippen LogP contribution in [0, 0.1) is 6.92 Å². The number of aliphatic hydroxyl groups excluding tert-OH is 1. The van der Waals surface area contributed by atoms with Gasteiger partial charge in [-0.05, 0) is 53.2 Å². The lowest BCUT2D eigenvalue weighted by Gasteiger charge is -2.24. The monoisotopic (exact) mass is 518 g/mol. The Morgan fingerprint density at radius 3 is 2.39 bits per heavy atom. The number of aromatic nitrogens is 2. The third-order valence-corrected chi connectivity index (χ3v) is 7.05. The van der Waals surface area contributed by atoms with Crippen molar-refractivity contribution in [3.63, 3.8) is 0 Å². The number of aryl methyl sites for hydroxylation is 1. The van der Waals surface area contributed by atoms with Gasteiger partial charge in [-0.25, -0.2) is 19.0 Å². The van der Waals surface area contributed by atoms with Crippen LogP contribution in [-0.2, 0) is 21.6 Å². The summed E-state index contributed by atoms with van der Waals surface area (Å²) in [4.78, 5) is 51.9. The number of carbonyl (C=O) groups is 2. The minimum absolute atomic E-state index is 0.0240. The van der Waals surface area contributed by atoms with Crippen molar-refractivity contribution in [1.29, 1.82) is 0 Å². The van der Waals surface area contributed by atoms with Crippen LogP contribution in [0.4, 0.5) is 0 Å². The highest BCUT2D eigenvalue weighted by Gasteiger charge is 2.36. The fourth-order valence-electron chi connectivity index (χ4n) is 3.88. The van der Waals surface area contributed by atoms with Gasteiger partial charge in [0.25, 0.3) is 5.56 Å². The van der Waals surface area contributed by atoms with Crippen LogP contribution < -0.4 is 16.0 Å². The van der Waals surface area contributed by atoms with E-state index in [9.17, 15) is 29.4 Å². The van der Waals surface area contributed by atoms with E-state index in [-0.39, 0.29) is 39.9 Å². The number of rotatable bonds is 9. The Hall–Kier alpha value is -3.44. The summed E-state index contributed by atoms with van der Waals surface area (Å²) >= 11 is 0.892. The second kappa shape index (κ2) is 10.3. The Morgan fingerprint density at radius 2 is 1.81 bits per heavy atom. The highest BCUT2D eigenvalue weighted by molar-refractivity contribution is 7.20. The van der Waals surface area contributed by atoms with Crippen molar-refractivity contribution < 1.29 is 29.3 Å². The van der Waals surface area contributed by atoms with E-state index >= 15 is 0 Å². The lowest BCUT2D eigenvalue weighted by molar-refractivity contribution is -0.146. The summed E-state index contributed by atoms with van der Waals surface area (Å²) in [6, 6.07) is 6.82. The fourth-order valence-corrected chi connectivity index (χ4v) is 5.07. The number of nitrogens with zero attached hydrogens (tertiary/aromatic N) is 2. The lowest BCUT2D eigenvalue weighted by atomic mass is 10.1. The van der Waals surface area contributed by atoms with Crippen LogP contribution in [-0.4, -0.2) is 44.0 Å². The molecule has 0 aliphatic heterocycles.